The van der Waals surface area contributed by atoms with Crippen LogP contribution in [0, 0.1) is 0 Å². The largest absolute Gasteiger partial charge is 0.341 e. The van der Waals surface area contributed by atoms with E-state index in [1.807, 2.05) is 11.8 Å². The molecule has 2 fully saturated rings. The van der Waals surface area contributed by atoms with Gasteiger partial charge in [0, 0.05) is 32.1 Å². The summed E-state index contributed by atoms with van der Waals surface area (Å²) in [5, 5.41) is 0. The summed E-state index contributed by atoms with van der Waals surface area (Å²) < 4.78 is 0. The van der Waals surface area contributed by atoms with E-state index >= 15 is 0 Å². The van der Waals surface area contributed by atoms with Crippen LogP contribution in [0.3, 0.4) is 0 Å². The molecule has 2 aliphatic heterocycles. The van der Waals surface area contributed by atoms with E-state index in [2.05, 4.69) is 0 Å². The van der Waals surface area contributed by atoms with Crippen LogP contribution in [0.5, 0.6) is 0 Å². The van der Waals surface area contributed by atoms with Crippen LogP contribution in [-0.2, 0) is 9.59 Å². The molecule has 0 aliphatic carbocycles. The third-order valence-electron chi connectivity index (χ3n) is 3.72. The number of carbonyl (C=O) groups excluding carboxylic acids is 2. The molecule has 0 bridgehead atoms. The number of rotatable bonds is 2. The molecule has 5 heteroatoms. The molecule has 96 valence electrons. The van der Waals surface area contributed by atoms with Crippen LogP contribution >= 0.6 is 0 Å². The lowest BCUT2D eigenvalue weighted by atomic mass is 10.0. The minimum absolute atomic E-state index is 0.0153. The maximum Gasteiger partial charge on any atom is 0.245 e. The predicted molar refractivity (Wildman–Crippen MR) is 64.2 cm³/mol. The van der Waals surface area contributed by atoms with Crippen LogP contribution in [0.1, 0.15) is 32.6 Å². The molecule has 0 aromatic carbocycles. The number of piperidine rings is 1. The normalized spacial score (nSPS) is 27.4. The van der Waals surface area contributed by atoms with Crippen LogP contribution in [0.4, 0.5) is 0 Å². The molecular formula is C12H21N3O2. The van der Waals surface area contributed by atoms with Gasteiger partial charge < -0.3 is 15.5 Å². The number of amides is 2. The second-order valence-corrected chi connectivity index (χ2v) is 5.05. The number of carbonyl (C=O) groups is 2. The molecule has 5 nitrogen and oxygen atoms in total. The average Bonchev–Trinajstić information content (AvgIpc) is 2.84. The molecule has 0 aromatic heterocycles. The smallest absolute Gasteiger partial charge is 0.245 e. The van der Waals surface area contributed by atoms with E-state index in [9.17, 15) is 9.59 Å². The van der Waals surface area contributed by atoms with Crippen molar-refractivity contribution >= 4 is 11.8 Å². The molecule has 2 atom stereocenters. The fourth-order valence-corrected chi connectivity index (χ4v) is 2.61. The minimum Gasteiger partial charge on any atom is -0.341 e. The first-order valence-electron chi connectivity index (χ1n) is 6.43. The van der Waals surface area contributed by atoms with Crippen LogP contribution in [0.25, 0.3) is 0 Å². The van der Waals surface area contributed by atoms with Gasteiger partial charge >= 0.3 is 0 Å². The minimum atomic E-state index is -0.355. The number of nitrogens with zero attached hydrogens (tertiary/aromatic N) is 2. The lowest BCUT2D eigenvalue weighted by molar-refractivity contribution is -0.146. The summed E-state index contributed by atoms with van der Waals surface area (Å²) >= 11 is 0. The summed E-state index contributed by atoms with van der Waals surface area (Å²) in [6, 6.07) is -0.339. The number of likely N-dealkylation sites (tertiary alicyclic amines) is 2. The van der Waals surface area contributed by atoms with E-state index in [1.54, 1.807) is 4.90 Å². The van der Waals surface area contributed by atoms with E-state index in [-0.39, 0.29) is 23.9 Å². The topological polar surface area (TPSA) is 66.6 Å². The Hall–Kier alpha value is -1.10. The van der Waals surface area contributed by atoms with Gasteiger partial charge in [0.1, 0.15) is 6.04 Å². The summed E-state index contributed by atoms with van der Waals surface area (Å²) in [4.78, 5) is 27.5. The Morgan fingerprint density at radius 3 is 2.71 bits per heavy atom. The van der Waals surface area contributed by atoms with Crippen molar-refractivity contribution in [2.75, 3.05) is 19.6 Å². The number of hydrogen-bond acceptors (Lipinski definition) is 3. The third-order valence-corrected chi connectivity index (χ3v) is 3.72. The molecule has 2 aliphatic rings. The van der Waals surface area contributed by atoms with E-state index in [1.165, 1.54) is 0 Å². The van der Waals surface area contributed by atoms with E-state index in [4.69, 9.17) is 5.73 Å². The molecule has 0 saturated carbocycles. The fourth-order valence-electron chi connectivity index (χ4n) is 2.61. The van der Waals surface area contributed by atoms with Gasteiger partial charge in [0.05, 0.1) is 0 Å². The van der Waals surface area contributed by atoms with E-state index in [0.717, 1.165) is 32.4 Å². The highest BCUT2D eigenvalue weighted by Crippen LogP contribution is 2.17. The van der Waals surface area contributed by atoms with Crippen molar-refractivity contribution in [3.8, 4) is 0 Å². The molecule has 2 saturated heterocycles. The maximum absolute atomic E-state index is 12.2. The zero-order valence-electron chi connectivity index (χ0n) is 10.4. The van der Waals surface area contributed by atoms with Crippen molar-refractivity contribution in [1.29, 1.82) is 0 Å². The Balaban J connectivity index is 1.99. The first-order valence-corrected chi connectivity index (χ1v) is 6.43. The molecule has 2 N–H and O–H groups in total. The monoisotopic (exact) mass is 239 g/mol. The van der Waals surface area contributed by atoms with Crippen molar-refractivity contribution in [3.05, 3.63) is 0 Å². The average molecular weight is 239 g/mol. The first kappa shape index (κ1) is 12.4. The van der Waals surface area contributed by atoms with Gasteiger partial charge in [0.15, 0.2) is 0 Å². The third kappa shape index (κ3) is 2.60. The highest BCUT2D eigenvalue weighted by molar-refractivity contribution is 5.88. The summed E-state index contributed by atoms with van der Waals surface area (Å²) in [6.07, 6.45) is 3.36. The summed E-state index contributed by atoms with van der Waals surface area (Å²) in [6.45, 7) is 3.99. The standard InChI is InChI=1S/C12H21N3O2/c1-9(12(17)14-6-2-3-7-14)15-8-10(13)4-5-11(15)16/h9-10H,2-8,13H2,1H3. The quantitative estimate of drug-likeness (QED) is 0.734. The van der Waals surface area contributed by atoms with Gasteiger partial charge in [-0.2, -0.15) is 0 Å². The molecule has 0 spiro atoms. The van der Waals surface area contributed by atoms with Crippen molar-refractivity contribution < 1.29 is 9.59 Å². The van der Waals surface area contributed by atoms with Crippen LogP contribution in [0.15, 0.2) is 0 Å². The van der Waals surface area contributed by atoms with E-state index < -0.39 is 0 Å². The van der Waals surface area contributed by atoms with Crippen molar-refractivity contribution in [2.45, 2.75) is 44.7 Å². The fraction of sp³-hybridized carbons (Fsp3) is 0.833. The van der Waals surface area contributed by atoms with Crippen LogP contribution in [0.2, 0.25) is 0 Å². The zero-order chi connectivity index (χ0) is 12.4. The highest BCUT2D eigenvalue weighted by atomic mass is 16.2. The Labute approximate surface area is 102 Å². The Morgan fingerprint density at radius 1 is 1.41 bits per heavy atom. The lowest BCUT2D eigenvalue weighted by Crippen LogP contribution is -2.55. The van der Waals surface area contributed by atoms with Crippen molar-refractivity contribution in [2.24, 2.45) is 5.73 Å². The second-order valence-electron chi connectivity index (χ2n) is 5.05. The molecule has 0 radical (unpaired) electrons. The SMILES string of the molecule is CC(C(=O)N1CCCC1)N1CC(N)CCC1=O. The maximum atomic E-state index is 12.2. The molecule has 17 heavy (non-hydrogen) atoms. The van der Waals surface area contributed by atoms with Gasteiger partial charge in [-0.25, -0.2) is 0 Å². The Kier molecular flexibility index (Phi) is 3.66. The van der Waals surface area contributed by atoms with Crippen molar-refractivity contribution in [1.82, 2.24) is 9.80 Å². The Morgan fingerprint density at radius 2 is 2.06 bits per heavy atom. The summed E-state index contributed by atoms with van der Waals surface area (Å²) in [5.74, 6) is 0.136. The van der Waals surface area contributed by atoms with Crippen molar-refractivity contribution in [3.63, 3.8) is 0 Å². The molecule has 0 aromatic rings. The van der Waals surface area contributed by atoms with Gasteiger partial charge in [-0.1, -0.05) is 0 Å². The molecule has 2 heterocycles. The van der Waals surface area contributed by atoms with Gasteiger partial charge in [0.25, 0.3) is 0 Å². The number of hydrogen-bond donors (Lipinski definition) is 1. The van der Waals surface area contributed by atoms with Crippen LogP contribution < -0.4 is 5.73 Å². The van der Waals surface area contributed by atoms with E-state index in [0.29, 0.717) is 13.0 Å². The highest BCUT2D eigenvalue weighted by Gasteiger charge is 2.33. The first-order chi connectivity index (χ1) is 8.09. The van der Waals surface area contributed by atoms with Crippen LogP contribution in [-0.4, -0.2) is 53.3 Å². The number of nitrogens with two attached hydrogens (primary N) is 1. The molecular weight excluding hydrogens is 218 g/mol. The second kappa shape index (κ2) is 5.04. The summed E-state index contributed by atoms with van der Waals surface area (Å²) in [7, 11) is 0. The molecule has 2 rings (SSSR count). The summed E-state index contributed by atoms with van der Waals surface area (Å²) in [5.41, 5.74) is 5.86. The van der Waals surface area contributed by atoms with Gasteiger partial charge in [-0.15, -0.1) is 0 Å². The molecule has 2 amide bonds. The van der Waals surface area contributed by atoms with Gasteiger partial charge in [-0.05, 0) is 26.2 Å². The molecule has 2 unspecified atom stereocenters. The van der Waals surface area contributed by atoms with Gasteiger partial charge in [-0.3, -0.25) is 9.59 Å². The Bertz CT molecular complexity index is 313. The predicted octanol–water partition coefficient (Wildman–Crippen LogP) is -0.0530. The zero-order valence-corrected chi connectivity index (χ0v) is 10.4. The van der Waals surface area contributed by atoms with Gasteiger partial charge in [0.2, 0.25) is 11.8 Å². The lowest BCUT2D eigenvalue weighted by Gasteiger charge is -2.36.